The maximum atomic E-state index is 12.5. The summed E-state index contributed by atoms with van der Waals surface area (Å²) in [5.74, 6) is 1.67. The molecule has 0 aromatic heterocycles. The van der Waals surface area contributed by atoms with Gasteiger partial charge in [0.25, 0.3) is 0 Å². The molecule has 0 bridgehead atoms. The zero-order valence-corrected chi connectivity index (χ0v) is 12.6. The van der Waals surface area contributed by atoms with Gasteiger partial charge in [-0.15, -0.1) is 0 Å². The largest absolute Gasteiger partial charge is 0.465 e. The number of carbonyl (C=O) groups excluding carboxylic acids is 1. The Morgan fingerprint density at radius 3 is 2.26 bits per heavy atom. The van der Waals surface area contributed by atoms with E-state index >= 15 is 0 Å². The first-order valence-corrected chi connectivity index (χ1v) is 8.26. The van der Waals surface area contributed by atoms with Gasteiger partial charge in [0.15, 0.2) is 0 Å². The number of ether oxygens (including phenoxy) is 1. The molecule has 1 aliphatic heterocycles. The fourth-order valence-corrected chi connectivity index (χ4v) is 4.15. The van der Waals surface area contributed by atoms with E-state index in [9.17, 15) is 9.36 Å². The molecule has 3 atom stereocenters. The Morgan fingerprint density at radius 2 is 1.84 bits per heavy atom. The van der Waals surface area contributed by atoms with E-state index in [1.54, 1.807) is 6.08 Å². The minimum Gasteiger partial charge on any atom is -0.465 e. The van der Waals surface area contributed by atoms with Crippen LogP contribution < -0.4 is 0 Å². The lowest BCUT2D eigenvalue weighted by molar-refractivity contribution is -0.141. The molecule has 1 aliphatic carbocycles. The summed E-state index contributed by atoms with van der Waals surface area (Å²) in [5.41, 5.74) is 0. The molecule has 2 aliphatic rings. The molecule has 2 rings (SSSR count). The van der Waals surface area contributed by atoms with Gasteiger partial charge in [0.2, 0.25) is 0 Å². The van der Waals surface area contributed by atoms with Crippen molar-refractivity contribution in [1.82, 2.24) is 0 Å². The number of esters is 1. The molecular formula is C13H21O5P. The lowest BCUT2D eigenvalue weighted by atomic mass is 10.3. The minimum absolute atomic E-state index is 0.0530. The normalized spacial score (nSPS) is 30.2. The lowest BCUT2D eigenvalue weighted by Gasteiger charge is -2.19. The van der Waals surface area contributed by atoms with Crippen LogP contribution in [0.15, 0.2) is 11.9 Å². The number of allylic oxidation sites excluding steroid dienone is 1. The molecule has 0 aromatic rings. The van der Waals surface area contributed by atoms with Crippen molar-refractivity contribution < 1.29 is 23.1 Å². The first-order chi connectivity index (χ1) is 8.82. The molecule has 108 valence electrons. The third kappa shape index (κ3) is 3.47. The predicted molar refractivity (Wildman–Crippen MR) is 70.6 cm³/mol. The van der Waals surface area contributed by atoms with Crippen LogP contribution in [0.5, 0.6) is 0 Å². The van der Waals surface area contributed by atoms with E-state index in [1.807, 2.05) is 27.7 Å². The Morgan fingerprint density at radius 1 is 1.26 bits per heavy atom. The van der Waals surface area contributed by atoms with Gasteiger partial charge in [0, 0.05) is 11.7 Å². The molecule has 1 heterocycles. The maximum absolute atomic E-state index is 12.5. The molecule has 0 N–H and O–H groups in total. The van der Waals surface area contributed by atoms with Crippen LogP contribution in [-0.2, 0) is 23.1 Å². The SMILES string of the molecule is CC(C)OP(=O)(/C=C/C1[C@H]2C(=O)OC[C@@H]12)OC(C)C. The van der Waals surface area contributed by atoms with Gasteiger partial charge in [-0.05, 0) is 33.6 Å². The van der Waals surface area contributed by atoms with Crippen LogP contribution in [-0.4, -0.2) is 24.8 Å². The van der Waals surface area contributed by atoms with E-state index in [1.165, 1.54) is 5.82 Å². The van der Waals surface area contributed by atoms with Gasteiger partial charge in [-0.25, -0.2) is 0 Å². The van der Waals surface area contributed by atoms with Crippen LogP contribution in [0.1, 0.15) is 27.7 Å². The molecule has 0 amide bonds. The van der Waals surface area contributed by atoms with Crippen LogP contribution in [0.25, 0.3) is 0 Å². The highest BCUT2D eigenvalue weighted by atomic mass is 31.2. The Balaban J connectivity index is 2.00. The summed E-state index contributed by atoms with van der Waals surface area (Å²) >= 11 is 0. The first kappa shape index (κ1) is 14.8. The van der Waals surface area contributed by atoms with Crippen LogP contribution in [0.2, 0.25) is 0 Å². The van der Waals surface area contributed by atoms with Gasteiger partial charge < -0.3 is 13.8 Å². The van der Waals surface area contributed by atoms with Crippen molar-refractivity contribution in [2.75, 3.05) is 6.61 Å². The predicted octanol–water partition coefficient (Wildman–Crippen LogP) is 2.96. The second-order valence-electron chi connectivity index (χ2n) is 5.59. The van der Waals surface area contributed by atoms with Gasteiger partial charge in [-0.3, -0.25) is 9.36 Å². The highest BCUT2D eigenvalue weighted by Gasteiger charge is 2.59. The first-order valence-electron chi connectivity index (χ1n) is 6.65. The molecule has 0 aromatic carbocycles. The molecule has 0 spiro atoms. The molecule has 6 heteroatoms. The fourth-order valence-electron chi connectivity index (χ4n) is 2.37. The van der Waals surface area contributed by atoms with E-state index in [0.29, 0.717) is 6.61 Å². The second kappa shape index (κ2) is 5.39. The Kier molecular flexibility index (Phi) is 4.19. The van der Waals surface area contributed by atoms with Gasteiger partial charge >= 0.3 is 13.6 Å². The molecular weight excluding hydrogens is 267 g/mol. The molecule has 1 saturated carbocycles. The number of cyclic esters (lactones) is 1. The minimum atomic E-state index is -3.24. The van der Waals surface area contributed by atoms with Crippen molar-refractivity contribution in [3.8, 4) is 0 Å². The average Bonchev–Trinajstić information content (AvgIpc) is 2.82. The summed E-state index contributed by atoms with van der Waals surface area (Å²) in [6.07, 6.45) is 1.43. The second-order valence-corrected chi connectivity index (χ2v) is 7.39. The van der Waals surface area contributed by atoms with Gasteiger partial charge in [0.05, 0.1) is 24.7 Å². The Labute approximate surface area is 113 Å². The number of rotatable bonds is 6. The molecule has 2 fully saturated rings. The average molecular weight is 288 g/mol. The van der Waals surface area contributed by atoms with Crippen molar-refractivity contribution in [3.05, 3.63) is 11.9 Å². The number of hydrogen-bond donors (Lipinski definition) is 0. The summed E-state index contributed by atoms with van der Waals surface area (Å²) in [7, 11) is -3.24. The van der Waals surface area contributed by atoms with Crippen LogP contribution >= 0.6 is 7.60 Å². The molecule has 19 heavy (non-hydrogen) atoms. The number of carbonyl (C=O) groups is 1. The quantitative estimate of drug-likeness (QED) is 0.555. The highest BCUT2D eigenvalue weighted by molar-refractivity contribution is 7.57. The van der Waals surface area contributed by atoms with Crippen molar-refractivity contribution in [2.24, 2.45) is 17.8 Å². The monoisotopic (exact) mass is 288 g/mol. The number of hydrogen-bond acceptors (Lipinski definition) is 5. The van der Waals surface area contributed by atoms with Gasteiger partial charge in [-0.1, -0.05) is 6.08 Å². The van der Waals surface area contributed by atoms with E-state index in [-0.39, 0.29) is 35.9 Å². The molecule has 0 radical (unpaired) electrons. The van der Waals surface area contributed by atoms with Crippen LogP contribution in [0.4, 0.5) is 0 Å². The third-order valence-corrected chi connectivity index (χ3v) is 5.09. The van der Waals surface area contributed by atoms with E-state index < -0.39 is 7.60 Å². The fraction of sp³-hybridized carbons (Fsp3) is 0.769. The van der Waals surface area contributed by atoms with Crippen LogP contribution in [0, 0.1) is 17.8 Å². The summed E-state index contributed by atoms with van der Waals surface area (Å²) in [5, 5.41) is 0. The zero-order chi connectivity index (χ0) is 14.2. The van der Waals surface area contributed by atoms with Gasteiger partial charge in [0.1, 0.15) is 0 Å². The molecule has 1 saturated heterocycles. The van der Waals surface area contributed by atoms with Crippen molar-refractivity contribution >= 4 is 13.6 Å². The smallest absolute Gasteiger partial charge is 0.354 e. The van der Waals surface area contributed by atoms with E-state index in [0.717, 1.165) is 0 Å². The van der Waals surface area contributed by atoms with Crippen molar-refractivity contribution in [2.45, 2.75) is 39.9 Å². The highest BCUT2D eigenvalue weighted by Crippen LogP contribution is 2.57. The third-order valence-electron chi connectivity index (χ3n) is 3.13. The summed E-state index contributed by atoms with van der Waals surface area (Å²) < 4.78 is 28.2. The van der Waals surface area contributed by atoms with Crippen molar-refractivity contribution in [1.29, 1.82) is 0 Å². The Bertz CT molecular complexity index is 415. The summed E-state index contributed by atoms with van der Waals surface area (Å²) in [6.45, 7) is 7.72. The Hall–Kier alpha value is -0.640. The molecule has 1 unspecified atom stereocenters. The maximum Gasteiger partial charge on any atom is 0.354 e. The summed E-state index contributed by atoms with van der Waals surface area (Å²) in [6, 6.07) is 0. The number of fused-ring (bicyclic) bond motifs is 1. The van der Waals surface area contributed by atoms with Gasteiger partial charge in [-0.2, -0.15) is 0 Å². The van der Waals surface area contributed by atoms with Crippen LogP contribution in [0.3, 0.4) is 0 Å². The van der Waals surface area contributed by atoms with Crippen molar-refractivity contribution in [3.63, 3.8) is 0 Å². The zero-order valence-electron chi connectivity index (χ0n) is 11.7. The topological polar surface area (TPSA) is 61.8 Å². The van der Waals surface area contributed by atoms with E-state index in [4.69, 9.17) is 13.8 Å². The molecule has 5 nitrogen and oxygen atoms in total. The van der Waals surface area contributed by atoms with E-state index in [2.05, 4.69) is 0 Å². The standard InChI is InChI=1S/C13H21O5P/c1-8(2)17-19(15,18-9(3)4)6-5-10-11-7-16-13(14)12(10)11/h5-6,8-12H,7H2,1-4H3/b6-5+/t10?,11-,12+/m0/s1. The summed E-state index contributed by atoms with van der Waals surface area (Å²) in [4.78, 5) is 11.3. The lowest BCUT2D eigenvalue weighted by Crippen LogP contribution is -2.07.